The van der Waals surface area contributed by atoms with Crippen molar-refractivity contribution in [3.05, 3.63) is 59.9 Å². The molecule has 0 saturated carbocycles. The minimum absolute atomic E-state index is 1.01. The van der Waals surface area contributed by atoms with Crippen molar-refractivity contribution in [2.24, 2.45) is 0 Å². The number of allylic oxidation sites excluding steroid dienone is 1. The Morgan fingerprint density at radius 1 is 1.12 bits per heavy atom. The Kier molecular flexibility index (Phi) is 3.32. The number of aromatic nitrogens is 1. The van der Waals surface area contributed by atoms with Crippen LogP contribution < -0.4 is 0 Å². The van der Waals surface area contributed by atoms with Gasteiger partial charge in [0, 0.05) is 18.0 Å². The van der Waals surface area contributed by atoms with Crippen LogP contribution in [0, 0.1) is 18.3 Å². The van der Waals surface area contributed by atoms with E-state index in [4.69, 9.17) is 5.26 Å². The molecule has 0 aliphatic heterocycles. The fraction of sp³-hybridized carbons (Fsp3) is 0.0667. The molecule has 0 spiro atoms. The Morgan fingerprint density at radius 2 is 1.88 bits per heavy atom. The minimum atomic E-state index is 1.01. The molecule has 1 aromatic heterocycles. The van der Waals surface area contributed by atoms with Gasteiger partial charge < -0.3 is 0 Å². The number of hydrogen-bond donors (Lipinski definition) is 0. The summed E-state index contributed by atoms with van der Waals surface area (Å²) in [5.41, 5.74) is 4.36. The molecule has 0 unspecified atom stereocenters. The quantitative estimate of drug-likeness (QED) is 0.725. The van der Waals surface area contributed by atoms with E-state index in [1.54, 1.807) is 6.08 Å². The van der Waals surface area contributed by atoms with E-state index in [0.717, 1.165) is 22.4 Å². The van der Waals surface area contributed by atoms with Crippen LogP contribution in [-0.4, -0.2) is 4.98 Å². The fourth-order valence-electron chi connectivity index (χ4n) is 1.65. The zero-order valence-electron chi connectivity index (χ0n) is 9.59. The molecule has 0 radical (unpaired) electrons. The Morgan fingerprint density at radius 3 is 2.53 bits per heavy atom. The second kappa shape index (κ2) is 5.09. The molecule has 0 atom stereocenters. The van der Waals surface area contributed by atoms with Gasteiger partial charge in [0.2, 0.25) is 0 Å². The maximum Gasteiger partial charge on any atom is 0.0912 e. The van der Waals surface area contributed by atoms with E-state index >= 15 is 0 Å². The first kappa shape index (κ1) is 11.1. The smallest absolute Gasteiger partial charge is 0.0912 e. The maximum atomic E-state index is 8.45. The average Bonchev–Trinajstić information content (AvgIpc) is 2.37. The van der Waals surface area contributed by atoms with Gasteiger partial charge in [-0.15, -0.1) is 0 Å². The molecule has 0 amide bonds. The lowest BCUT2D eigenvalue weighted by Crippen LogP contribution is -1.83. The van der Waals surface area contributed by atoms with Gasteiger partial charge in [-0.1, -0.05) is 24.3 Å². The topological polar surface area (TPSA) is 36.7 Å². The third-order valence-electron chi connectivity index (χ3n) is 2.49. The van der Waals surface area contributed by atoms with Gasteiger partial charge >= 0.3 is 0 Å². The normalized spacial score (nSPS) is 10.4. The highest BCUT2D eigenvalue weighted by Gasteiger charge is 1.97. The summed E-state index contributed by atoms with van der Waals surface area (Å²) in [6.45, 7) is 1.98. The van der Waals surface area contributed by atoms with Crippen LogP contribution in [0.5, 0.6) is 0 Å². The van der Waals surface area contributed by atoms with Gasteiger partial charge in [-0.2, -0.15) is 5.26 Å². The van der Waals surface area contributed by atoms with E-state index in [2.05, 4.69) is 11.1 Å². The van der Waals surface area contributed by atoms with Crippen LogP contribution in [-0.2, 0) is 0 Å². The molecule has 0 aliphatic rings. The van der Waals surface area contributed by atoms with Crippen molar-refractivity contribution in [3.8, 4) is 17.2 Å². The molecule has 17 heavy (non-hydrogen) atoms. The van der Waals surface area contributed by atoms with Crippen molar-refractivity contribution >= 4 is 6.08 Å². The van der Waals surface area contributed by atoms with E-state index in [9.17, 15) is 0 Å². The van der Waals surface area contributed by atoms with Crippen LogP contribution in [0.4, 0.5) is 0 Å². The van der Waals surface area contributed by atoms with E-state index in [-0.39, 0.29) is 0 Å². The third-order valence-corrected chi connectivity index (χ3v) is 2.49. The molecule has 0 bridgehead atoms. The summed E-state index contributed by atoms with van der Waals surface area (Å²) >= 11 is 0. The first-order valence-electron chi connectivity index (χ1n) is 5.39. The molecule has 0 saturated heterocycles. The van der Waals surface area contributed by atoms with Gasteiger partial charge in [0.25, 0.3) is 0 Å². The second-order valence-corrected chi connectivity index (χ2v) is 3.77. The summed E-state index contributed by atoms with van der Waals surface area (Å²) < 4.78 is 0. The largest absolute Gasteiger partial charge is 0.262 e. The molecule has 0 aliphatic carbocycles. The van der Waals surface area contributed by atoms with Crippen LogP contribution in [0.3, 0.4) is 0 Å². The van der Waals surface area contributed by atoms with Crippen LogP contribution in [0.25, 0.3) is 17.2 Å². The average molecular weight is 220 g/mol. The van der Waals surface area contributed by atoms with Gasteiger partial charge in [0.05, 0.1) is 6.07 Å². The lowest BCUT2D eigenvalue weighted by atomic mass is 10.0. The zero-order valence-corrected chi connectivity index (χ0v) is 9.59. The number of aryl methyl sites for hydroxylation is 1. The van der Waals surface area contributed by atoms with E-state index in [1.807, 2.05) is 49.5 Å². The highest BCUT2D eigenvalue weighted by atomic mass is 14.6. The lowest BCUT2D eigenvalue weighted by Gasteiger charge is -2.02. The molecule has 2 aromatic rings. The molecule has 0 N–H and O–H groups in total. The highest BCUT2D eigenvalue weighted by Crippen LogP contribution is 2.20. The maximum absolute atomic E-state index is 8.45. The zero-order chi connectivity index (χ0) is 12.1. The standard InChI is InChI=1S/C15H12N2/c1-12-11-15(8-10-17-12)14-6-4-13(5-7-14)3-2-9-16/h2-8,10-11H,1H3/b3-2-. The Labute approximate surface area is 101 Å². The van der Waals surface area contributed by atoms with E-state index < -0.39 is 0 Å². The molecule has 1 heterocycles. The highest BCUT2D eigenvalue weighted by molar-refractivity contribution is 5.65. The summed E-state index contributed by atoms with van der Waals surface area (Å²) in [7, 11) is 0. The predicted octanol–water partition coefficient (Wildman–Crippen LogP) is 3.59. The Bertz CT molecular complexity index is 575. The van der Waals surface area contributed by atoms with Crippen LogP contribution in [0.1, 0.15) is 11.3 Å². The summed E-state index contributed by atoms with van der Waals surface area (Å²) in [5.74, 6) is 0. The Hall–Kier alpha value is -2.40. The van der Waals surface area contributed by atoms with Gasteiger partial charge in [0.15, 0.2) is 0 Å². The van der Waals surface area contributed by atoms with Crippen molar-refractivity contribution in [2.75, 3.05) is 0 Å². The van der Waals surface area contributed by atoms with Gasteiger partial charge in [-0.25, -0.2) is 0 Å². The summed E-state index contributed by atoms with van der Waals surface area (Å²) in [5, 5.41) is 8.45. The molecular weight excluding hydrogens is 208 g/mol. The first-order valence-corrected chi connectivity index (χ1v) is 5.39. The van der Waals surface area contributed by atoms with E-state index in [0.29, 0.717) is 0 Å². The summed E-state index contributed by atoms with van der Waals surface area (Å²) in [6.07, 6.45) is 5.08. The van der Waals surface area contributed by atoms with Crippen LogP contribution in [0.15, 0.2) is 48.7 Å². The minimum Gasteiger partial charge on any atom is -0.262 e. The molecular formula is C15H12N2. The number of rotatable bonds is 2. The van der Waals surface area contributed by atoms with Crippen molar-refractivity contribution in [3.63, 3.8) is 0 Å². The van der Waals surface area contributed by atoms with E-state index in [1.165, 1.54) is 6.08 Å². The first-order chi connectivity index (χ1) is 8.29. The third kappa shape index (κ3) is 2.79. The number of pyridine rings is 1. The van der Waals surface area contributed by atoms with Crippen LogP contribution in [0.2, 0.25) is 0 Å². The number of nitriles is 1. The molecule has 2 rings (SSSR count). The number of hydrogen-bond acceptors (Lipinski definition) is 2. The van der Waals surface area contributed by atoms with Gasteiger partial charge in [-0.3, -0.25) is 4.98 Å². The fourth-order valence-corrected chi connectivity index (χ4v) is 1.65. The molecule has 2 nitrogen and oxygen atoms in total. The lowest BCUT2D eigenvalue weighted by molar-refractivity contribution is 1.20. The number of benzene rings is 1. The van der Waals surface area contributed by atoms with Gasteiger partial charge in [0.1, 0.15) is 0 Å². The molecule has 0 fully saturated rings. The monoisotopic (exact) mass is 220 g/mol. The van der Waals surface area contributed by atoms with Crippen molar-refractivity contribution < 1.29 is 0 Å². The summed E-state index contributed by atoms with van der Waals surface area (Å²) in [4.78, 5) is 4.18. The SMILES string of the molecule is Cc1cc(-c2ccc(/C=C\C#N)cc2)ccn1. The molecule has 82 valence electrons. The van der Waals surface area contributed by atoms with Crippen molar-refractivity contribution in [2.45, 2.75) is 6.92 Å². The number of nitrogens with zero attached hydrogens (tertiary/aromatic N) is 2. The van der Waals surface area contributed by atoms with Crippen molar-refractivity contribution in [1.29, 1.82) is 5.26 Å². The Balaban J connectivity index is 2.30. The second-order valence-electron chi connectivity index (χ2n) is 3.77. The molecule has 2 heteroatoms. The van der Waals surface area contributed by atoms with Gasteiger partial charge in [-0.05, 0) is 41.8 Å². The summed E-state index contributed by atoms with van der Waals surface area (Å²) in [6, 6.07) is 14.1. The van der Waals surface area contributed by atoms with Crippen molar-refractivity contribution in [1.82, 2.24) is 4.98 Å². The molecule has 1 aromatic carbocycles. The van der Waals surface area contributed by atoms with Crippen LogP contribution >= 0.6 is 0 Å². The predicted molar refractivity (Wildman–Crippen MR) is 69.1 cm³/mol.